The van der Waals surface area contributed by atoms with Gasteiger partial charge in [0.2, 0.25) is 0 Å². The van der Waals surface area contributed by atoms with Gasteiger partial charge in [0.25, 0.3) is 5.91 Å². The molecular formula is C13H14BrClINO. The van der Waals surface area contributed by atoms with E-state index in [0.29, 0.717) is 16.6 Å². The lowest BCUT2D eigenvalue weighted by Gasteiger charge is -2.37. The van der Waals surface area contributed by atoms with Crippen LogP contribution in [0.15, 0.2) is 18.2 Å². The fraction of sp³-hybridized carbons (Fsp3) is 0.462. The Morgan fingerprint density at radius 2 is 2.22 bits per heavy atom. The van der Waals surface area contributed by atoms with Crippen molar-refractivity contribution in [3.05, 3.63) is 32.4 Å². The molecular weight excluding hydrogens is 428 g/mol. The second-order valence-corrected chi connectivity index (χ2v) is 6.76. The van der Waals surface area contributed by atoms with Crippen molar-refractivity contribution in [2.75, 3.05) is 11.9 Å². The molecule has 1 aromatic carbocycles. The third kappa shape index (κ3) is 3.20. The Morgan fingerprint density at radius 1 is 1.50 bits per heavy atom. The highest BCUT2D eigenvalue weighted by Crippen LogP contribution is 2.27. The van der Waals surface area contributed by atoms with E-state index in [9.17, 15) is 4.79 Å². The third-order valence-corrected chi connectivity index (χ3v) is 5.20. The largest absolute Gasteiger partial charge is 0.335 e. The second-order valence-electron chi connectivity index (χ2n) is 4.40. The van der Waals surface area contributed by atoms with Gasteiger partial charge >= 0.3 is 0 Å². The number of amides is 1. The molecule has 1 aliphatic rings. The first-order valence-corrected chi connectivity index (χ1v) is 8.53. The lowest BCUT2D eigenvalue weighted by molar-refractivity contribution is 0.0599. The number of hydrogen-bond donors (Lipinski definition) is 0. The molecule has 0 spiro atoms. The first kappa shape index (κ1) is 14.6. The van der Waals surface area contributed by atoms with Gasteiger partial charge in [-0.3, -0.25) is 4.79 Å². The SMILES string of the molecule is O=C(c1ccc(I)c(Cl)c1)N(CCBr)C1CCC1. The summed E-state index contributed by atoms with van der Waals surface area (Å²) < 4.78 is 0.974. The van der Waals surface area contributed by atoms with Crippen molar-refractivity contribution in [3.8, 4) is 0 Å². The first-order chi connectivity index (χ1) is 8.63. The van der Waals surface area contributed by atoms with Crippen LogP contribution < -0.4 is 0 Å². The molecule has 98 valence electrons. The number of carbonyl (C=O) groups is 1. The van der Waals surface area contributed by atoms with Crippen molar-refractivity contribution >= 4 is 56.0 Å². The number of rotatable bonds is 4. The monoisotopic (exact) mass is 441 g/mol. The highest BCUT2D eigenvalue weighted by atomic mass is 127. The Kier molecular flexibility index (Phi) is 5.33. The maximum Gasteiger partial charge on any atom is 0.254 e. The van der Waals surface area contributed by atoms with Gasteiger partial charge in [0.1, 0.15) is 0 Å². The van der Waals surface area contributed by atoms with Gasteiger partial charge in [-0.25, -0.2) is 0 Å². The molecule has 1 saturated carbocycles. The van der Waals surface area contributed by atoms with Gasteiger partial charge in [-0.15, -0.1) is 0 Å². The van der Waals surface area contributed by atoms with Crippen LogP contribution in [0.3, 0.4) is 0 Å². The number of benzene rings is 1. The molecule has 0 unspecified atom stereocenters. The van der Waals surface area contributed by atoms with Crippen molar-refractivity contribution < 1.29 is 4.79 Å². The van der Waals surface area contributed by atoms with Crippen LogP contribution in [0.5, 0.6) is 0 Å². The fourth-order valence-electron chi connectivity index (χ4n) is 2.03. The molecule has 1 amide bonds. The number of alkyl halides is 1. The van der Waals surface area contributed by atoms with E-state index in [0.717, 1.165) is 28.3 Å². The molecule has 2 rings (SSSR count). The minimum Gasteiger partial charge on any atom is -0.335 e. The van der Waals surface area contributed by atoms with Crippen molar-refractivity contribution in [1.82, 2.24) is 4.90 Å². The van der Waals surface area contributed by atoms with Crippen LogP contribution in [0, 0.1) is 3.57 Å². The van der Waals surface area contributed by atoms with Crippen LogP contribution >= 0.6 is 50.1 Å². The fourth-order valence-corrected chi connectivity index (χ4v) is 2.93. The van der Waals surface area contributed by atoms with Crippen LogP contribution in [0.25, 0.3) is 0 Å². The van der Waals surface area contributed by atoms with Crippen LogP contribution in [0.1, 0.15) is 29.6 Å². The molecule has 1 aliphatic carbocycles. The molecule has 0 bridgehead atoms. The number of carbonyl (C=O) groups excluding carboxylic acids is 1. The molecule has 1 aromatic rings. The van der Waals surface area contributed by atoms with Crippen molar-refractivity contribution in [3.63, 3.8) is 0 Å². The van der Waals surface area contributed by atoms with Gasteiger partial charge in [0, 0.05) is 27.1 Å². The van der Waals surface area contributed by atoms with Gasteiger partial charge in [-0.2, -0.15) is 0 Å². The van der Waals surface area contributed by atoms with E-state index in [-0.39, 0.29) is 5.91 Å². The summed E-state index contributed by atoms with van der Waals surface area (Å²) >= 11 is 11.7. The zero-order valence-corrected chi connectivity index (χ0v) is 14.3. The predicted molar refractivity (Wildman–Crippen MR) is 86.6 cm³/mol. The topological polar surface area (TPSA) is 20.3 Å². The van der Waals surface area contributed by atoms with E-state index in [1.54, 1.807) is 6.07 Å². The minimum atomic E-state index is 0.0949. The van der Waals surface area contributed by atoms with Crippen molar-refractivity contribution in [2.24, 2.45) is 0 Å². The Labute approximate surface area is 134 Å². The average molecular weight is 443 g/mol. The number of halogens is 3. The summed E-state index contributed by atoms with van der Waals surface area (Å²) in [7, 11) is 0. The summed E-state index contributed by atoms with van der Waals surface area (Å²) in [5.41, 5.74) is 0.688. The van der Waals surface area contributed by atoms with E-state index in [4.69, 9.17) is 11.6 Å². The Hall–Kier alpha value is 0.190. The molecule has 1 fully saturated rings. The van der Waals surface area contributed by atoms with Crippen molar-refractivity contribution in [2.45, 2.75) is 25.3 Å². The molecule has 5 heteroatoms. The summed E-state index contributed by atoms with van der Waals surface area (Å²) in [5, 5.41) is 1.46. The molecule has 0 atom stereocenters. The maximum atomic E-state index is 12.5. The predicted octanol–water partition coefficient (Wildman–Crippen LogP) is 4.33. The zero-order valence-electron chi connectivity index (χ0n) is 9.83. The molecule has 0 heterocycles. The normalized spacial score (nSPS) is 15.3. The standard InChI is InChI=1S/C13H14BrClINO/c14-6-7-17(10-2-1-3-10)13(18)9-4-5-12(16)11(15)8-9/h4-5,8,10H,1-3,6-7H2. The summed E-state index contributed by atoms with van der Waals surface area (Å²) in [6.07, 6.45) is 3.47. The van der Waals surface area contributed by atoms with E-state index in [1.165, 1.54) is 6.42 Å². The quantitative estimate of drug-likeness (QED) is 0.502. The van der Waals surface area contributed by atoms with Crippen LogP contribution in [0.2, 0.25) is 5.02 Å². The van der Waals surface area contributed by atoms with Crippen LogP contribution in [0.4, 0.5) is 0 Å². The second kappa shape index (κ2) is 6.57. The molecule has 18 heavy (non-hydrogen) atoms. The summed E-state index contributed by atoms with van der Waals surface area (Å²) in [6, 6.07) is 5.93. The highest BCUT2D eigenvalue weighted by Gasteiger charge is 2.28. The lowest BCUT2D eigenvalue weighted by Crippen LogP contribution is -2.45. The third-order valence-electron chi connectivity index (χ3n) is 3.27. The smallest absolute Gasteiger partial charge is 0.254 e. The molecule has 2 nitrogen and oxygen atoms in total. The van der Waals surface area contributed by atoms with E-state index in [1.807, 2.05) is 17.0 Å². The minimum absolute atomic E-state index is 0.0949. The van der Waals surface area contributed by atoms with Crippen molar-refractivity contribution in [1.29, 1.82) is 0 Å². The molecule has 0 aromatic heterocycles. The highest BCUT2D eigenvalue weighted by molar-refractivity contribution is 14.1. The number of nitrogens with zero attached hydrogens (tertiary/aromatic N) is 1. The van der Waals surface area contributed by atoms with Crippen LogP contribution in [-0.2, 0) is 0 Å². The first-order valence-electron chi connectivity index (χ1n) is 5.95. The molecule has 0 radical (unpaired) electrons. The summed E-state index contributed by atoms with van der Waals surface area (Å²) in [4.78, 5) is 14.4. The van der Waals surface area contributed by atoms with Gasteiger partial charge in [0.15, 0.2) is 0 Å². The van der Waals surface area contributed by atoms with Gasteiger partial charge < -0.3 is 4.90 Å². The molecule has 0 saturated heterocycles. The van der Waals surface area contributed by atoms with Gasteiger partial charge in [-0.05, 0) is 60.1 Å². The van der Waals surface area contributed by atoms with Gasteiger partial charge in [-0.1, -0.05) is 27.5 Å². The summed E-state index contributed by atoms with van der Waals surface area (Å²) in [6.45, 7) is 0.757. The Morgan fingerprint density at radius 3 is 2.72 bits per heavy atom. The van der Waals surface area contributed by atoms with Gasteiger partial charge in [0.05, 0.1) is 5.02 Å². The number of hydrogen-bond acceptors (Lipinski definition) is 1. The van der Waals surface area contributed by atoms with Crippen LogP contribution in [-0.4, -0.2) is 28.7 Å². The Balaban J connectivity index is 2.18. The zero-order chi connectivity index (χ0) is 13.1. The maximum absolute atomic E-state index is 12.5. The lowest BCUT2D eigenvalue weighted by atomic mass is 9.91. The summed E-state index contributed by atoms with van der Waals surface area (Å²) in [5.74, 6) is 0.0949. The van der Waals surface area contributed by atoms with E-state index < -0.39 is 0 Å². The molecule has 0 aliphatic heterocycles. The average Bonchev–Trinajstić information content (AvgIpc) is 2.29. The molecule has 0 N–H and O–H groups in total. The van der Waals surface area contributed by atoms with E-state index >= 15 is 0 Å². The Bertz CT molecular complexity index is 451. The van der Waals surface area contributed by atoms with E-state index in [2.05, 4.69) is 38.5 Å².